The Kier molecular flexibility index (Phi) is 6.57. The van der Waals surface area contributed by atoms with Gasteiger partial charge in [0.25, 0.3) is 0 Å². The summed E-state index contributed by atoms with van der Waals surface area (Å²) >= 11 is 7.19. The summed E-state index contributed by atoms with van der Waals surface area (Å²) in [6, 6.07) is 14.4. The maximum Gasteiger partial charge on any atom is 0.325 e. The second-order valence-electron chi connectivity index (χ2n) is 5.98. The molecule has 0 radical (unpaired) electrons. The number of rotatable bonds is 6. The lowest BCUT2D eigenvalue weighted by molar-refractivity contribution is -0.120. The van der Waals surface area contributed by atoms with Crippen molar-refractivity contribution in [3.8, 4) is 0 Å². The molecule has 0 bridgehead atoms. The third kappa shape index (κ3) is 5.77. The molecule has 0 atom stereocenters. The first-order chi connectivity index (χ1) is 13.5. The van der Waals surface area contributed by atoms with Gasteiger partial charge in [-0.05, 0) is 30.2 Å². The Bertz CT molecular complexity index is 977. The van der Waals surface area contributed by atoms with Crippen LogP contribution in [0.3, 0.4) is 0 Å². The molecule has 144 valence electrons. The maximum atomic E-state index is 12.1. The molecule has 3 rings (SSSR count). The summed E-state index contributed by atoms with van der Waals surface area (Å²) in [7, 11) is 0. The first kappa shape index (κ1) is 19.8. The standard InChI is InChI=1S/C19H18ClN5O2S/c1-12-7-8-14(9-15(12)20)22-18(27)23-19-25-24-17(28-19)10-16(26)21-11-13-5-3-2-4-6-13/h2-9H,10-11H2,1H3,(H,21,26)(H2,22,23,25,27). The molecule has 3 amide bonds. The molecular formula is C19H18ClN5O2S. The summed E-state index contributed by atoms with van der Waals surface area (Å²) in [5, 5.41) is 17.3. The van der Waals surface area contributed by atoms with Gasteiger partial charge in [-0.15, -0.1) is 10.2 Å². The number of carbonyl (C=O) groups excluding carboxylic acids is 2. The van der Waals surface area contributed by atoms with Crippen LogP contribution in [0.4, 0.5) is 15.6 Å². The van der Waals surface area contributed by atoms with Gasteiger partial charge >= 0.3 is 6.03 Å². The van der Waals surface area contributed by atoms with Crippen molar-refractivity contribution in [2.75, 3.05) is 10.6 Å². The number of amides is 3. The predicted molar refractivity (Wildman–Crippen MR) is 111 cm³/mol. The molecule has 28 heavy (non-hydrogen) atoms. The van der Waals surface area contributed by atoms with Gasteiger partial charge in [-0.2, -0.15) is 0 Å². The Morgan fingerprint density at radius 3 is 2.61 bits per heavy atom. The van der Waals surface area contributed by atoms with Gasteiger partial charge in [0.2, 0.25) is 11.0 Å². The number of hydrogen-bond donors (Lipinski definition) is 3. The molecule has 3 N–H and O–H groups in total. The number of carbonyl (C=O) groups is 2. The van der Waals surface area contributed by atoms with E-state index in [4.69, 9.17) is 11.6 Å². The van der Waals surface area contributed by atoms with Crippen LogP contribution in [0.2, 0.25) is 5.02 Å². The molecule has 0 aliphatic carbocycles. The van der Waals surface area contributed by atoms with Crippen molar-refractivity contribution in [2.24, 2.45) is 0 Å². The van der Waals surface area contributed by atoms with E-state index in [2.05, 4.69) is 26.1 Å². The van der Waals surface area contributed by atoms with E-state index in [1.165, 1.54) is 0 Å². The number of aryl methyl sites for hydroxylation is 1. The van der Waals surface area contributed by atoms with Gasteiger partial charge in [-0.25, -0.2) is 4.79 Å². The highest BCUT2D eigenvalue weighted by molar-refractivity contribution is 7.15. The Balaban J connectivity index is 1.48. The molecule has 0 fully saturated rings. The lowest BCUT2D eigenvalue weighted by atomic mass is 10.2. The van der Waals surface area contributed by atoms with Crippen molar-refractivity contribution in [3.05, 3.63) is 69.7 Å². The summed E-state index contributed by atoms with van der Waals surface area (Å²) in [5.74, 6) is -0.162. The van der Waals surface area contributed by atoms with Crippen LogP contribution in [0, 0.1) is 6.92 Å². The third-order valence-corrected chi connectivity index (χ3v) is 5.01. The molecule has 0 unspecified atom stereocenters. The summed E-state index contributed by atoms with van der Waals surface area (Å²) in [6.45, 7) is 2.33. The summed E-state index contributed by atoms with van der Waals surface area (Å²) in [5.41, 5.74) is 2.51. The predicted octanol–water partition coefficient (Wildman–Crippen LogP) is 4.00. The van der Waals surface area contributed by atoms with Crippen molar-refractivity contribution in [1.29, 1.82) is 0 Å². The van der Waals surface area contributed by atoms with Gasteiger partial charge in [-0.3, -0.25) is 10.1 Å². The minimum atomic E-state index is -0.462. The van der Waals surface area contributed by atoms with Gasteiger partial charge in [0, 0.05) is 17.3 Å². The van der Waals surface area contributed by atoms with Crippen LogP contribution in [0.1, 0.15) is 16.1 Å². The largest absolute Gasteiger partial charge is 0.352 e. The lowest BCUT2D eigenvalue weighted by Gasteiger charge is -2.06. The number of anilines is 2. The Morgan fingerprint density at radius 1 is 1.07 bits per heavy atom. The number of halogens is 1. The molecule has 9 heteroatoms. The number of hydrogen-bond acceptors (Lipinski definition) is 5. The number of benzene rings is 2. The summed E-state index contributed by atoms with van der Waals surface area (Å²) in [6.07, 6.45) is 0.0986. The SMILES string of the molecule is Cc1ccc(NC(=O)Nc2nnc(CC(=O)NCc3ccccc3)s2)cc1Cl. The summed E-state index contributed by atoms with van der Waals surface area (Å²) < 4.78 is 0. The van der Waals surface area contributed by atoms with Crippen molar-refractivity contribution in [2.45, 2.75) is 19.9 Å². The second-order valence-corrected chi connectivity index (χ2v) is 7.45. The quantitative estimate of drug-likeness (QED) is 0.566. The van der Waals surface area contributed by atoms with Crippen LogP contribution >= 0.6 is 22.9 Å². The zero-order valence-electron chi connectivity index (χ0n) is 15.0. The zero-order chi connectivity index (χ0) is 19.9. The number of nitrogens with zero attached hydrogens (tertiary/aromatic N) is 2. The molecule has 2 aromatic carbocycles. The molecule has 1 aromatic heterocycles. The average Bonchev–Trinajstić information content (AvgIpc) is 3.10. The molecule has 0 aliphatic heterocycles. The van der Waals surface area contributed by atoms with E-state index in [0.717, 1.165) is 22.5 Å². The second kappa shape index (κ2) is 9.29. The maximum absolute atomic E-state index is 12.1. The molecule has 3 aromatic rings. The van der Waals surface area contributed by atoms with Crippen molar-refractivity contribution < 1.29 is 9.59 Å². The molecule has 0 spiro atoms. The Hall–Kier alpha value is -2.97. The van der Waals surface area contributed by atoms with Crippen LogP contribution in [0.15, 0.2) is 48.5 Å². The van der Waals surface area contributed by atoms with Crippen LogP contribution < -0.4 is 16.0 Å². The average molecular weight is 416 g/mol. The molecule has 7 nitrogen and oxygen atoms in total. The fourth-order valence-electron chi connectivity index (χ4n) is 2.30. The Morgan fingerprint density at radius 2 is 1.86 bits per heavy atom. The number of nitrogens with one attached hydrogen (secondary N) is 3. The molecular weight excluding hydrogens is 398 g/mol. The van der Waals surface area contributed by atoms with E-state index in [0.29, 0.717) is 27.4 Å². The van der Waals surface area contributed by atoms with Gasteiger partial charge < -0.3 is 10.6 Å². The molecule has 0 saturated heterocycles. The normalized spacial score (nSPS) is 10.4. The minimum absolute atomic E-state index is 0.0986. The van der Waals surface area contributed by atoms with Crippen LogP contribution in [0.5, 0.6) is 0 Å². The summed E-state index contributed by atoms with van der Waals surface area (Å²) in [4.78, 5) is 24.1. The molecule has 0 aliphatic rings. The zero-order valence-corrected chi connectivity index (χ0v) is 16.6. The van der Waals surface area contributed by atoms with Crippen LogP contribution in [-0.2, 0) is 17.8 Å². The van der Waals surface area contributed by atoms with Crippen molar-refractivity contribution in [1.82, 2.24) is 15.5 Å². The number of urea groups is 1. The highest BCUT2D eigenvalue weighted by Gasteiger charge is 2.12. The minimum Gasteiger partial charge on any atom is -0.352 e. The van der Waals surface area contributed by atoms with Crippen LogP contribution in [-0.4, -0.2) is 22.1 Å². The van der Waals surface area contributed by atoms with Crippen LogP contribution in [0.25, 0.3) is 0 Å². The van der Waals surface area contributed by atoms with E-state index in [1.54, 1.807) is 12.1 Å². The van der Waals surface area contributed by atoms with E-state index in [9.17, 15) is 9.59 Å². The van der Waals surface area contributed by atoms with Crippen molar-refractivity contribution in [3.63, 3.8) is 0 Å². The van der Waals surface area contributed by atoms with E-state index < -0.39 is 6.03 Å². The smallest absolute Gasteiger partial charge is 0.325 e. The van der Waals surface area contributed by atoms with E-state index >= 15 is 0 Å². The fraction of sp³-hybridized carbons (Fsp3) is 0.158. The van der Waals surface area contributed by atoms with Gasteiger partial charge in [0.1, 0.15) is 5.01 Å². The monoisotopic (exact) mass is 415 g/mol. The lowest BCUT2D eigenvalue weighted by Crippen LogP contribution is -2.24. The van der Waals surface area contributed by atoms with Gasteiger partial charge in [0.15, 0.2) is 0 Å². The third-order valence-electron chi connectivity index (χ3n) is 3.76. The highest BCUT2D eigenvalue weighted by Crippen LogP contribution is 2.21. The van der Waals surface area contributed by atoms with Crippen molar-refractivity contribution >= 4 is 45.7 Å². The topological polar surface area (TPSA) is 96.0 Å². The van der Waals surface area contributed by atoms with E-state index in [-0.39, 0.29) is 12.3 Å². The Labute approximate surface area is 171 Å². The highest BCUT2D eigenvalue weighted by atomic mass is 35.5. The first-order valence-corrected chi connectivity index (χ1v) is 9.66. The van der Waals surface area contributed by atoms with Gasteiger partial charge in [-0.1, -0.05) is 59.3 Å². The fourth-order valence-corrected chi connectivity index (χ4v) is 3.22. The molecule has 1 heterocycles. The van der Waals surface area contributed by atoms with Gasteiger partial charge in [0.05, 0.1) is 6.42 Å². The molecule has 0 saturated carbocycles. The van der Waals surface area contributed by atoms with E-state index in [1.807, 2.05) is 43.3 Å². The number of aromatic nitrogens is 2. The first-order valence-electron chi connectivity index (χ1n) is 8.47.